The number of hydrogen-bond donors (Lipinski definition) is 0. The van der Waals surface area contributed by atoms with Crippen LogP contribution in [0.15, 0.2) is 11.5 Å². The second-order valence-electron chi connectivity index (χ2n) is 3.20. The van der Waals surface area contributed by atoms with Gasteiger partial charge in [-0.05, 0) is 29.9 Å². The van der Waals surface area contributed by atoms with Crippen molar-refractivity contribution in [1.29, 1.82) is 0 Å². The highest BCUT2D eigenvalue weighted by Crippen LogP contribution is 2.26. The molecule has 0 aliphatic carbocycles. The highest BCUT2D eigenvalue weighted by molar-refractivity contribution is 8.03. The molecule has 0 unspecified atom stereocenters. The van der Waals surface area contributed by atoms with Gasteiger partial charge in [-0.3, -0.25) is 0 Å². The van der Waals surface area contributed by atoms with Crippen molar-refractivity contribution in [2.24, 2.45) is 0 Å². The molecular formula is C11H22S. The Morgan fingerprint density at radius 1 is 1.25 bits per heavy atom. The van der Waals surface area contributed by atoms with E-state index in [1.165, 1.54) is 49.2 Å². The monoisotopic (exact) mass is 186 g/mol. The number of rotatable bonds is 2. The van der Waals surface area contributed by atoms with Crippen LogP contribution in [-0.4, -0.2) is 5.75 Å². The molecule has 0 N–H and O–H groups in total. The van der Waals surface area contributed by atoms with Gasteiger partial charge in [-0.15, -0.1) is 11.8 Å². The van der Waals surface area contributed by atoms with Crippen molar-refractivity contribution < 1.29 is 0 Å². The molecule has 1 aliphatic heterocycles. The van der Waals surface area contributed by atoms with Crippen LogP contribution in [0, 0.1) is 0 Å². The third-order valence-electron chi connectivity index (χ3n) is 1.86. The molecule has 0 aromatic heterocycles. The van der Waals surface area contributed by atoms with Gasteiger partial charge in [0, 0.05) is 0 Å². The maximum atomic E-state index is 3.88. The molecule has 0 amide bonds. The molecule has 0 bridgehead atoms. The van der Waals surface area contributed by atoms with Crippen molar-refractivity contribution in [1.82, 2.24) is 0 Å². The standard InChI is InChI=1S/C6H10S.C5H12/c1-6-4-2-3-5-7-6;1-3-5-4-2/h1-5H2;3-5H2,1-2H3. The Kier molecular flexibility index (Phi) is 9.25. The zero-order valence-electron chi connectivity index (χ0n) is 8.57. The van der Waals surface area contributed by atoms with E-state index < -0.39 is 0 Å². The number of thioether (sulfide) groups is 1. The Morgan fingerprint density at radius 2 is 1.92 bits per heavy atom. The fourth-order valence-electron chi connectivity index (χ4n) is 1.07. The summed E-state index contributed by atoms with van der Waals surface area (Å²) >= 11 is 1.92. The summed E-state index contributed by atoms with van der Waals surface area (Å²) < 4.78 is 0. The number of unbranched alkanes of at least 4 members (excludes halogenated alkanes) is 2. The topological polar surface area (TPSA) is 0 Å². The largest absolute Gasteiger partial charge is 0.131 e. The second kappa shape index (κ2) is 9.18. The lowest BCUT2D eigenvalue weighted by atomic mass is 10.2. The van der Waals surface area contributed by atoms with E-state index in [9.17, 15) is 0 Å². The fraction of sp³-hybridized carbons (Fsp3) is 0.818. The first-order chi connectivity index (χ1) is 5.81. The lowest BCUT2D eigenvalue weighted by Gasteiger charge is -2.09. The van der Waals surface area contributed by atoms with Crippen LogP contribution in [0.4, 0.5) is 0 Å². The van der Waals surface area contributed by atoms with Gasteiger partial charge in [0.2, 0.25) is 0 Å². The van der Waals surface area contributed by atoms with Gasteiger partial charge in [-0.1, -0.05) is 39.7 Å². The van der Waals surface area contributed by atoms with Gasteiger partial charge in [-0.2, -0.15) is 0 Å². The van der Waals surface area contributed by atoms with Crippen LogP contribution in [0.25, 0.3) is 0 Å². The van der Waals surface area contributed by atoms with Crippen LogP contribution in [0.1, 0.15) is 52.4 Å². The van der Waals surface area contributed by atoms with Gasteiger partial charge in [0.15, 0.2) is 0 Å². The minimum Gasteiger partial charge on any atom is -0.131 e. The summed E-state index contributed by atoms with van der Waals surface area (Å²) in [6.07, 6.45) is 8.09. The zero-order valence-corrected chi connectivity index (χ0v) is 9.38. The van der Waals surface area contributed by atoms with Gasteiger partial charge in [0.25, 0.3) is 0 Å². The Balaban J connectivity index is 0.000000217. The first kappa shape index (κ1) is 12.1. The van der Waals surface area contributed by atoms with Crippen LogP contribution in [-0.2, 0) is 0 Å². The average Bonchev–Trinajstić information content (AvgIpc) is 2.08. The van der Waals surface area contributed by atoms with Crippen molar-refractivity contribution in [3.8, 4) is 0 Å². The third-order valence-corrected chi connectivity index (χ3v) is 2.97. The maximum Gasteiger partial charge on any atom is -0.00233 e. The molecule has 0 saturated carbocycles. The van der Waals surface area contributed by atoms with E-state index in [0.717, 1.165) is 0 Å². The van der Waals surface area contributed by atoms with Crippen molar-refractivity contribution in [3.05, 3.63) is 11.5 Å². The molecular weight excluding hydrogens is 164 g/mol. The molecule has 1 aliphatic rings. The summed E-state index contributed by atoms with van der Waals surface area (Å²) in [7, 11) is 0. The van der Waals surface area contributed by atoms with Crippen LogP contribution >= 0.6 is 11.8 Å². The fourth-order valence-corrected chi connectivity index (χ4v) is 1.99. The van der Waals surface area contributed by atoms with Gasteiger partial charge < -0.3 is 0 Å². The molecule has 0 atom stereocenters. The molecule has 0 aromatic carbocycles. The predicted molar refractivity (Wildman–Crippen MR) is 60.6 cm³/mol. The summed E-state index contributed by atoms with van der Waals surface area (Å²) in [4.78, 5) is 1.38. The Bertz CT molecular complexity index is 97.6. The number of hydrogen-bond acceptors (Lipinski definition) is 1. The van der Waals surface area contributed by atoms with Crippen LogP contribution < -0.4 is 0 Å². The maximum absolute atomic E-state index is 3.88. The van der Waals surface area contributed by atoms with Crippen LogP contribution in [0.2, 0.25) is 0 Å². The molecule has 0 radical (unpaired) electrons. The Labute approximate surface area is 81.8 Å². The summed E-state index contributed by atoms with van der Waals surface area (Å²) in [6, 6.07) is 0. The van der Waals surface area contributed by atoms with Crippen molar-refractivity contribution in [2.75, 3.05) is 5.75 Å². The van der Waals surface area contributed by atoms with Gasteiger partial charge >= 0.3 is 0 Å². The van der Waals surface area contributed by atoms with E-state index in [-0.39, 0.29) is 0 Å². The molecule has 12 heavy (non-hydrogen) atoms. The molecule has 1 heteroatoms. The van der Waals surface area contributed by atoms with E-state index in [2.05, 4.69) is 20.4 Å². The van der Waals surface area contributed by atoms with Crippen molar-refractivity contribution in [3.63, 3.8) is 0 Å². The van der Waals surface area contributed by atoms with E-state index in [1.54, 1.807) is 0 Å². The summed E-state index contributed by atoms with van der Waals surface area (Å²) in [5.74, 6) is 1.30. The highest BCUT2D eigenvalue weighted by atomic mass is 32.2. The normalized spacial score (nSPS) is 16.7. The Hall–Kier alpha value is 0.0900. The molecule has 0 spiro atoms. The van der Waals surface area contributed by atoms with Crippen LogP contribution in [0.3, 0.4) is 0 Å². The molecule has 1 rings (SSSR count). The summed E-state index contributed by atoms with van der Waals surface area (Å²) in [6.45, 7) is 8.30. The molecule has 1 saturated heterocycles. The highest BCUT2D eigenvalue weighted by Gasteiger charge is 2.00. The molecule has 0 aromatic rings. The van der Waals surface area contributed by atoms with E-state index in [1.807, 2.05) is 11.8 Å². The molecule has 72 valence electrons. The minimum atomic E-state index is 1.25. The molecule has 0 nitrogen and oxygen atoms in total. The van der Waals surface area contributed by atoms with Crippen LogP contribution in [0.5, 0.6) is 0 Å². The Morgan fingerprint density at radius 3 is 2.08 bits per heavy atom. The second-order valence-corrected chi connectivity index (χ2v) is 4.47. The lowest BCUT2D eigenvalue weighted by molar-refractivity contribution is 0.772. The smallest absolute Gasteiger partial charge is 0.00233 e. The van der Waals surface area contributed by atoms with E-state index in [4.69, 9.17) is 0 Å². The zero-order chi connectivity index (χ0) is 9.23. The quantitative estimate of drug-likeness (QED) is 0.606. The van der Waals surface area contributed by atoms with Crippen molar-refractivity contribution >= 4 is 11.8 Å². The predicted octanol–water partition coefficient (Wildman–Crippen LogP) is 4.61. The molecule has 1 heterocycles. The van der Waals surface area contributed by atoms with E-state index >= 15 is 0 Å². The van der Waals surface area contributed by atoms with Crippen molar-refractivity contribution in [2.45, 2.75) is 52.4 Å². The first-order valence-electron chi connectivity index (χ1n) is 5.11. The van der Waals surface area contributed by atoms with Gasteiger partial charge in [0.05, 0.1) is 0 Å². The van der Waals surface area contributed by atoms with E-state index in [0.29, 0.717) is 0 Å². The first-order valence-corrected chi connectivity index (χ1v) is 6.10. The minimum absolute atomic E-state index is 1.25. The molecule has 1 fully saturated rings. The van der Waals surface area contributed by atoms with Gasteiger partial charge in [-0.25, -0.2) is 0 Å². The summed E-state index contributed by atoms with van der Waals surface area (Å²) in [5, 5.41) is 0. The SMILES string of the molecule is C=C1CCCCS1.CCCCC. The summed E-state index contributed by atoms with van der Waals surface area (Å²) in [5.41, 5.74) is 0. The number of allylic oxidation sites excluding steroid dienone is 1. The lowest BCUT2D eigenvalue weighted by Crippen LogP contribution is -1.89. The third kappa shape index (κ3) is 8.19. The van der Waals surface area contributed by atoms with Gasteiger partial charge in [0.1, 0.15) is 0 Å². The average molecular weight is 186 g/mol.